The number of pyridine rings is 1. The number of primary amides is 1. The van der Waals surface area contributed by atoms with Gasteiger partial charge in [-0.15, -0.1) is 0 Å². The topological polar surface area (TPSA) is 65.2 Å². The van der Waals surface area contributed by atoms with E-state index in [0.29, 0.717) is 17.9 Å². The second-order valence-corrected chi connectivity index (χ2v) is 5.12. The van der Waals surface area contributed by atoms with Gasteiger partial charge in [-0.3, -0.25) is 9.78 Å². The molecular weight excluding hydrogens is 276 g/mol. The van der Waals surface area contributed by atoms with Crippen LogP contribution < -0.4 is 10.5 Å². The first kappa shape index (κ1) is 14.1. The Bertz CT molecular complexity index is 826. The maximum atomic E-state index is 11.0. The van der Waals surface area contributed by atoms with Crippen LogP contribution in [-0.2, 0) is 6.61 Å². The average molecular weight is 292 g/mol. The van der Waals surface area contributed by atoms with Crippen molar-refractivity contribution in [2.24, 2.45) is 5.73 Å². The number of carbonyl (C=O) groups is 1. The molecule has 4 nitrogen and oxygen atoms in total. The minimum atomic E-state index is -0.442. The van der Waals surface area contributed by atoms with Crippen LogP contribution in [0.4, 0.5) is 0 Å². The fraction of sp³-hybridized carbons (Fsp3) is 0.111. The van der Waals surface area contributed by atoms with E-state index in [0.717, 1.165) is 22.2 Å². The Kier molecular flexibility index (Phi) is 3.74. The SMILES string of the molecule is Cc1cc(COc2ccc(C(N)=O)cc2)c2ccccc2n1. The van der Waals surface area contributed by atoms with Crippen LogP contribution in [0.15, 0.2) is 54.6 Å². The van der Waals surface area contributed by atoms with Gasteiger partial charge in [0.1, 0.15) is 12.4 Å². The number of hydrogen-bond acceptors (Lipinski definition) is 3. The highest BCUT2D eigenvalue weighted by Crippen LogP contribution is 2.20. The molecule has 2 aromatic carbocycles. The predicted molar refractivity (Wildman–Crippen MR) is 85.8 cm³/mol. The average Bonchev–Trinajstić information content (AvgIpc) is 2.52. The molecule has 110 valence electrons. The third-order valence-corrected chi connectivity index (χ3v) is 3.46. The van der Waals surface area contributed by atoms with Crippen LogP contribution in [0.1, 0.15) is 21.6 Å². The van der Waals surface area contributed by atoms with Crippen LogP contribution in [0.3, 0.4) is 0 Å². The van der Waals surface area contributed by atoms with Crippen LogP contribution in [0.5, 0.6) is 5.75 Å². The van der Waals surface area contributed by atoms with Crippen molar-refractivity contribution in [1.82, 2.24) is 4.98 Å². The number of rotatable bonds is 4. The molecule has 1 heterocycles. The molecule has 1 aromatic heterocycles. The number of aromatic nitrogens is 1. The van der Waals surface area contributed by atoms with E-state index >= 15 is 0 Å². The van der Waals surface area contributed by atoms with Crippen LogP contribution in [-0.4, -0.2) is 10.9 Å². The summed E-state index contributed by atoms with van der Waals surface area (Å²) >= 11 is 0. The molecule has 0 fully saturated rings. The first-order valence-electron chi connectivity index (χ1n) is 7.01. The number of nitrogens with zero attached hydrogens (tertiary/aromatic N) is 1. The Balaban J connectivity index is 1.83. The number of ether oxygens (including phenoxy) is 1. The molecule has 3 aromatic rings. The van der Waals surface area contributed by atoms with Crippen LogP contribution in [0.25, 0.3) is 10.9 Å². The smallest absolute Gasteiger partial charge is 0.248 e. The van der Waals surface area contributed by atoms with Crippen LogP contribution in [0.2, 0.25) is 0 Å². The van der Waals surface area contributed by atoms with Gasteiger partial charge < -0.3 is 10.5 Å². The molecule has 0 atom stereocenters. The van der Waals surface area contributed by atoms with Gasteiger partial charge in [0.15, 0.2) is 0 Å². The first-order valence-corrected chi connectivity index (χ1v) is 7.01. The number of aryl methyl sites for hydroxylation is 1. The Morgan fingerprint density at radius 2 is 1.86 bits per heavy atom. The van der Waals surface area contributed by atoms with Gasteiger partial charge in [0.05, 0.1) is 5.52 Å². The molecule has 0 spiro atoms. The van der Waals surface area contributed by atoms with Gasteiger partial charge in [0.2, 0.25) is 5.91 Å². The zero-order valence-corrected chi connectivity index (χ0v) is 12.2. The Hall–Kier alpha value is -2.88. The second kappa shape index (κ2) is 5.85. The number of benzene rings is 2. The third kappa shape index (κ3) is 2.91. The zero-order chi connectivity index (χ0) is 15.5. The summed E-state index contributed by atoms with van der Waals surface area (Å²) in [5, 5.41) is 1.09. The van der Waals surface area contributed by atoms with Gasteiger partial charge in [-0.05, 0) is 43.3 Å². The van der Waals surface area contributed by atoms with Gasteiger partial charge >= 0.3 is 0 Å². The molecule has 4 heteroatoms. The van der Waals surface area contributed by atoms with Crippen molar-refractivity contribution in [3.63, 3.8) is 0 Å². The van der Waals surface area contributed by atoms with Gasteiger partial charge in [-0.1, -0.05) is 18.2 Å². The monoisotopic (exact) mass is 292 g/mol. The maximum absolute atomic E-state index is 11.0. The zero-order valence-electron chi connectivity index (χ0n) is 12.2. The number of carbonyl (C=O) groups excluding carboxylic acids is 1. The van der Waals surface area contributed by atoms with Crippen LogP contribution in [0, 0.1) is 6.92 Å². The van der Waals surface area contributed by atoms with E-state index in [4.69, 9.17) is 10.5 Å². The molecule has 0 radical (unpaired) electrons. The summed E-state index contributed by atoms with van der Waals surface area (Å²) in [6.07, 6.45) is 0. The highest BCUT2D eigenvalue weighted by molar-refractivity contribution is 5.92. The normalized spacial score (nSPS) is 10.6. The lowest BCUT2D eigenvalue weighted by Crippen LogP contribution is -2.10. The Morgan fingerprint density at radius 1 is 1.14 bits per heavy atom. The number of para-hydroxylation sites is 1. The molecule has 0 aliphatic rings. The van der Waals surface area contributed by atoms with E-state index in [2.05, 4.69) is 4.98 Å². The summed E-state index contributed by atoms with van der Waals surface area (Å²) in [6, 6.07) is 16.8. The molecule has 2 N–H and O–H groups in total. The largest absolute Gasteiger partial charge is 0.489 e. The summed E-state index contributed by atoms with van der Waals surface area (Å²) in [7, 11) is 0. The molecule has 0 aliphatic carbocycles. The van der Waals surface area contributed by atoms with Crippen molar-refractivity contribution in [2.45, 2.75) is 13.5 Å². The van der Waals surface area contributed by atoms with Crippen molar-refractivity contribution < 1.29 is 9.53 Å². The van der Waals surface area contributed by atoms with E-state index in [1.807, 2.05) is 37.3 Å². The summed E-state index contributed by atoms with van der Waals surface area (Å²) in [6.45, 7) is 2.41. The van der Waals surface area contributed by atoms with Crippen molar-refractivity contribution in [1.29, 1.82) is 0 Å². The lowest BCUT2D eigenvalue weighted by Gasteiger charge is -2.10. The van der Waals surface area contributed by atoms with Crippen LogP contribution >= 0.6 is 0 Å². The molecule has 3 rings (SSSR count). The van der Waals surface area contributed by atoms with Crippen molar-refractivity contribution >= 4 is 16.8 Å². The quantitative estimate of drug-likeness (QED) is 0.803. The molecule has 0 saturated heterocycles. The number of fused-ring (bicyclic) bond motifs is 1. The summed E-state index contributed by atoms with van der Waals surface area (Å²) in [5.74, 6) is 0.255. The van der Waals surface area contributed by atoms with E-state index < -0.39 is 5.91 Å². The number of nitrogens with two attached hydrogens (primary N) is 1. The molecule has 0 aliphatic heterocycles. The standard InChI is InChI=1S/C18H16N2O2/c1-12-10-14(16-4-2-3-5-17(16)20-12)11-22-15-8-6-13(7-9-15)18(19)21/h2-10H,11H2,1H3,(H2,19,21). The molecular formula is C18H16N2O2. The summed E-state index contributed by atoms with van der Waals surface area (Å²) in [5.41, 5.74) is 8.70. The van der Waals surface area contributed by atoms with E-state index in [9.17, 15) is 4.79 Å². The van der Waals surface area contributed by atoms with Crippen molar-refractivity contribution in [3.05, 3.63) is 71.4 Å². The first-order chi connectivity index (χ1) is 10.6. The summed E-state index contributed by atoms with van der Waals surface area (Å²) < 4.78 is 5.81. The minimum absolute atomic E-state index is 0.442. The second-order valence-electron chi connectivity index (χ2n) is 5.12. The lowest BCUT2D eigenvalue weighted by molar-refractivity contribution is 0.100. The highest BCUT2D eigenvalue weighted by atomic mass is 16.5. The molecule has 0 unspecified atom stereocenters. The lowest BCUT2D eigenvalue weighted by atomic mass is 10.1. The molecule has 0 bridgehead atoms. The number of hydrogen-bond donors (Lipinski definition) is 1. The highest BCUT2D eigenvalue weighted by Gasteiger charge is 2.05. The van der Waals surface area contributed by atoms with E-state index in [1.54, 1.807) is 24.3 Å². The van der Waals surface area contributed by atoms with Gasteiger partial charge in [-0.2, -0.15) is 0 Å². The Morgan fingerprint density at radius 3 is 2.59 bits per heavy atom. The summed E-state index contributed by atoms with van der Waals surface area (Å²) in [4.78, 5) is 15.6. The predicted octanol–water partition coefficient (Wildman–Crippen LogP) is 3.22. The van der Waals surface area contributed by atoms with Crippen molar-refractivity contribution in [2.75, 3.05) is 0 Å². The van der Waals surface area contributed by atoms with E-state index in [-0.39, 0.29) is 0 Å². The fourth-order valence-electron chi connectivity index (χ4n) is 2.39. The molecule has 0 saturated carbocycles. The Labute approximate surface area is 128 Å². The molecule has 22 heavy (non-hydrogen) atoms. The fourth-order valence-corrected chi connectivity index (χ4v) is 2.39. The third-order valence-electron chi connectivity index (χ3n) is 3.46. The minimum Gasteiger partial charge on any atom is -0.489 e. The maximum Gasteiger partial charge on any atom is 0.248 e. The molecule has 1 amide bonds. The van der Waals surface area contributed by atoms with Gasteiger partial charge in [0.25, 0.3) is 0 Å². The van der Waals surface area contributed by atoms with E-state index in [1.165, 1.54) is 0 Å². The van der Waals surface area contributed by atoms with Gasteiger partial charge in [0, 0.05) is 22.2 Å². The van der Waals surface area contributed by atoms with Crippen molar-refractivity contribution in [3.8, 4) is 5.75 Å². The number of amides is 1. The van der Waals surface area contributed by atoms with Gasteiger partial charge in [-0.25, -0.2) is 0 Å².